The molecule has 0 saturated carbocycles. The summed E-state index contributed by atoms with van der Waals surface area (Å²) in [6.07, 6.45) is 2.06. The van der Waals surface area contributed by atoms with Crippen LogP contribution >= 0.6 is 11.8 Å². The highest BCUT2D eigenvalue weighted by Crippen LogP contribution is 2.23. The van der Waals surface area contributed by atoms with Gasteiger partial charge in [0.25, 0.3) is 0 Å². The molecule has 5 heteroatoms. The van der Waals surface area contributed by atoms with Crippen LogP contribution in [0.4, 0.5) is 10.3 Å². The molecule has 0 spiro atoms. The molecule has 0 bridgehead atoms. The van der Waals surface area contributed by atoms with E-state index in [1.807, 2.05) is 4.57 Å². The lowest BCUT2D eigenvalue weighted by molar-refractivity contribution is 0.620. The van der Waals surface area contributed by atoms with Crippen molar-refractivity contribution in [3.05, 3.63) is 23.5 Å². The summed E-state index contributed by atoms with van der Waals surface area (Å²) in [4.78, 5) is 4.19. The van der Waals surface area contributed by atoms with Gasteiger partial charge in [0.15, 0.2) is 0 Å². The number of hydrogen-bond donors (Lipinski definition) is 1. The molecule has 0 amide bonds. The van der Waals surface area contributed by atoms with Crippen molar-refractivity contribution in [2.75, 3.05) is 12.0 Å². The molecule has 2 N–H and O–H groups in total. The minimum absolute atomic E-state index is 0.236. The molecule has 2 rings (SSSR count). The maximum atomic E-state index is 13.4. The van der Waals surface area contributed by atoms with Crippen LogP contribution in [0.5, 0.6) is 0 Å². The van der Waals surface area contributed by atoms with Crippen LogP contribution < -0.4 is 5.73 Å². The van der Waals surface area contributed by atoms with Gasteiger partial charge in [0, 0.05) is 17.9 Å². The largest absolute Gasteiger partial charge is 0.369 e. The number of nitrogens with zero attached hydrogens (tertiary/aromatic N) is 2. The molecule has 0 fully saturated rings. The first-order valence-electron chi connectivity index (χ1n) is 5.47. The normalized spacial score (nSPS) is 13.2. The summed E-state index contributed by atoms with van der Waals surface area (Å²) >= 11 is 1.77. The Labute approximate surface area is 104 Å². The lowest BCUT2D eigenvalue weighted by atomic mass is 10.2. The van der Waals surface area contributed by atoms with E-state index < -0.39 is 0 Å². The summed E-state index contributed by atoms with van der Waals surface area (Å²) in [6, 6.07) is 3.25. The van der Waals surface area contributed by atoms with E-state index in [9.17, 15) is 4.39 Å². The van der Waals surface area contributed by atoms with E-state index in [4.69, 9.17) is 5.73 Å². The smallest absolute Gasteiger partial charge is 0.201 e. The second kappa shape index (κ2) is 4.56. The van der Waals surface area contributed by atoms with Crippen LogP contribution in [0.3, 0.4) is 0 Å². The first-order chi connectivity index (χ1) is 8.02. The number of nitrogens with two attached hydrogens (primary N) is 1. The fraction of sp³-hybridized carbons (Fsp3) is 0.417. The van der Waals surface area contributed by atoms with Crippen molar-refractivity contribution in [3.63, 3.8) is 0 Å². The van der Waals surface area contributed by atoms with E-state index in [0.717, 1.165) is 12.1 Å². The summed E-state index contributed by atoms with van der Waals surface area (Å²) in [6.45, 7) is 4.67. The lowest BCUT2D eigenvalue weighted by Crippen LogP contribution is -2.11. The SMILES string of the molecule is CSC(C)Cn1c(N)nc2cc(F)c(C)cc21. The van der Waals surface area contributed by atoms with Gasteiger partial charge >= 0.3 is 0 Å². The van der Waals surface area contributed by atoms with Crippen molar-refractivity contribution >= 4 is 28.7 Å². The molecular weight excluding hydrogens is 237 g/mol. The van der Waals surface area contributed by atoms with Crippen LogP contribution in [-0.4, -0.2) is 21.1 Å². The Bertz CT molecular complexity index is 550. The minimum atomic E-state index is -0.236. The van der Waals surface area contributed by atoms with Gasteiger partial charge in [0.2, 0.25) is 5.95 Å². The van der Waals surface area contributed by atoms with Crippen molar-refractivity contribution in [1.82, 2.24) is 9.55 Å². The topological polar surface area (TPSA) is 43.8 Å². The second-order valence-electron chi connectivity index (χ2n) is 4.22. The van der Waals surface area contributed by atoms with E-state index in [0.29, 0.717) is 22.3 Å². The van der Waals surface area contributed by atoms with E-state index in [1.165, 1.54) is 6.07 Å². The number of fused-ring (bicyclic) bond motifs is 1. The number of rotatable bonds is 3. The average molecular weight is 253 g/mol. The van der Waals surface area contributed by atoms with Crippen LogP contribution in [0, 0.1) is 12.7 Å². The Morgan fingerprint density at radius 3 is 2.88 bits per heavy atom. The Balaban J connectivity index is 2.54. The van der Waals surface area contributed by atoms with E-state index in [-0.39, 0.29) is 5.82 Å². The predicted octanol–water partition coefficient (Wildman–Crippen LogP) is 2.82. The molecule has 0 aliphatic rings. The Morgan fingerprint density at radius 1 is 1.53 bits per heavy atom. The molecule has 1 aromatic carbocycles. The number of halogens is 1. The number of anilines is 1. The van der Waals surface area contributed by atoms with E-state index in [1.54, 1.807) is 24.8 Å². The number of nitrogen functional groups attached to an aromatic ring is 1. The zero-order chi connectivity index (χ0) is 12.6. The fourth-order valence-corrected chi connectivity index (χ4v) is 2.09. The third-order valence-electron chi connectivity index (χ3n) is 2.90. The van der Waals surface area contributed by atoms with Gasteiger partial charge in [0.1, 0.15) is 5.82 Å². The molecule has 3 nitrogen and oxygen atoms in total. The molecule has 1 heterocycles. The summed E-state index contributed by atoms with van der Waals surface area (Å²) in [5.41, 5.74) is 8.03. The van der Waals surface area contributed by atoms with Gasteiger partial charge in [-0.25, -0.2) is 9.37 Å². The highest BCUT2D eigenvalue weighted by Gasteiger charge is 2.12. The molecule has 0 radical (unpaired) electrons. The number of aryl methyl sites for hydroxylation is 1. The van der Waals surface area contributed by atoms with E-state index >= 15 is 0 Å². The predicted molar refractivity (Wildman–Crippen MR) is 71.8 cm³/mol. The van der Waals surface area contributed by atoms with Crippen molar-refractivity contribution in [3.8, 4) is 0 Å². The van der Waals surface area contributed by atoms with Crippen molar-refractivity contribution in [1.29, 1.82) is 0 Å². The minimum Gasteiger partial charge on any atom is -0.369 e. The van der Waals surface area contributed by atoms with Crippen molar-refractivity contribution < 1.29 is 4.39 Å². The third-order valence-corrected chi connectivity index (χ3v) is 3.85. The first-order valence-corrected chi connectivity index (χ1v) is 6.76. The highest BCUT2D eigenvalue weighted by molar-refractivity contribution is 7.99. The first kappa shape index (κ1) is 12.2. The summed E-state index contributed by atoms with van der Waals surface area (Å²) in [5, 5.41) is 0.444. The van der Waals surface area contributed by atoms with Gasteiger partial charge in [-0.05, 0) is 24.8 Å². The summed E-state index contributed by atoms with van der Waals surface area (Å²) in [7, 11) is 0. The molecule has 0 aliphatic carbocycles. The van der Waals surface area contributed by atoms with Gasteiger partial charge in [-0.2, -0.15) is 11.8 Å². The van der Waals surface area contributed by atoms with Gasteiger partial charge in [-0.15, -0.1) is 0 Å². The average Bonchev–Trinajstić information content (AvgIpc) is 2.56. The van der Waals surface area contributed by atoms with Crippen molar-refractivity contribution in [2.24, 2.45) is 0 Å². The maximum Gasteiger partial charge on any atom is 0.201 e. The monoisotopic (exact) mass is 253 g/mol. The lowest BCUT2D eigenvalue weighted by Gasteiger charge is -2.11. The molecule has 92 valence electrons. The molecule has 1 atom stereocenters. The summed E-state index contributed by atoms with van der Waals surface area (Å²) < 4.78 is 15.4. The Hall–Kier alpha value is -1.23. The van der Waals surface area contributed by atoms with Crippen molar-refractivity contribution in [2.45, 2.75) is 25.6 Å². The zero-order valence-electron chi connectivity index (χ0n) is 10.2. The number of thioether (sulfide) groups is 1. The standard InChI is InChI=1S/C12H16FN3S/c1-7-4-11-10(5-9(7)13)15-12(14)16(11)6-8(2)17-3/h4-5,8H,6H2,1-3H3,(H2,14,15). The number of benzene rings is 1. The molecule has 0 aliphatic heterocycles. The maximum absolute atomic E-state index is 13.4. The Morgan fingerprint density at radius 2 is 2.24 bits per heavy atom. The number of aromatic nitrogens is 2. The molecule has 1 unspecified atom stereocenters. The van der Waals surface area contributed by atoms with E-state index in [2.05, 4.69) is 18.2 Å². The zero-order valence-corrected chi connectivity index (χ0v) is 11.0. The highest BCUT2D eigenvalue weighted by atomic mass is 32.2. The van der Waals surface area contributed by atoms with Gasteiger partial charge in [-0.1, -0.05) is 6.92 Å². The van der Waals surface area contributed by atoms with Crippen LogP contribution in [0.2, 0.25) is 0 Å². The molecule has 0 saturated heterocycles. The van der Waals surface area contributed by atoms with Gasteiger partial charge in [-0.3, -0.25) is 0 Å². The molecular formula is C12H16FN3S. The van der Waals surface area contributed by atoms with Crippen LogP contribution in [0.1, 0.15) is 12.5 Å². The van der Waals surface area contributed by atoms with Gasteiger partial charge < -0.3 is 10.3 Å². The van der Waals surface area contributed by atoms with Crippen LogP contribution in [-0.2, 0) is 6.54 Å². The number of imidazole rings is 1. The van der Waals surface area contributed by atoms with Gasteiger partial charge in [0.05, 0.1) is 11.0 Å². The molecule has 17 heavy (non-hydrogen) atoms. The third kappa shape index (κ3) is 2.24. The second-order valence-corrected chi connectivity index (χ2v) is 5.49. The fourth-order valence-electron chi connectivity index (χ4n) is 1.79. The number of hydrogen-bond acceptors (Lipinski definition) is 3. The molecule has 1 aromatic heterocycles. The molecule has 2 aromatic rings. The van der Waals surface area contributed by atoms with Crippen LogP contribution in [0.25, 0.3) is 11.0 Å². The Kier molecular flexibility index (Phi) is 3.28. The quantitative estimate of drug-likeness (QED) is 0.914. The van der Waals surface area contributed by atoms with Crippen LogP contribution in [0.15, 0.2) is 12.1 Å². The summed E-state index contributed by atoms with van der Waals surface area (Å²) in [5.74, 6) is 0.214.